The maximum absolute atomic E-state index is 4.49. The van der Waals surface area contributed by atoms with Crippen molar-refractivity contribution < 1.29 is 0 Å². The SMILES string of the molecule is C=C/C=C\C(C(=C)C)=c1\c(=C)n(-c2ccccc2)c2ccc3ccccc3c12.CC. The van der Waals surface area contributed by atoms with Crippen molar-refractivity contribution in [3.05, 3.63) is 114 Å². The zero-order valence-corrected chi connectivity index (χ0v) is 18.2. The number of rotatable bonds is 4. The largest absolute Gasteiger partial charge is 0.310 e. The van der Waals surface area contributed by atoms with Crippen LogP contribution in [0.25, 0.3) is 39.5 Å². The first kappa shape index (κ1) is 21.1. The van der Waals surface area contributed by atoms with Crippen molar-refractivity contribution in [2.24, 2.45) is 0 Å². The molecule has 0 radical (unpaired) electrons. The average molecular weight is 392 g/mol. The minimum atomic E-state index is 0.962. The van der Waals surface area contributed by atoms with E-state index in [1.807, 2.05) is 32.9 Å². The summed E-state index contributed by atoms with van der Waals surface area (Å²) in [6.07, 6.45) is 5.83. The maximum atomic E-state index is 4.49. The fourth-order valence-electron chi connectivity index (χ4n) is 3.88. The van der Waals surface area contributed by atoms with Crippen molar-refractivity contribution in [2.45, 2.75) is 20.8 Å². The van der Waals surface area contributed by atoms with Gasteiger partial charge in [0.05, 0.1) is 5.52 Å². The highest BCUT2D eigenvalue weighted by Gasteiger charge is 2.13. The van der Waals surface area contributed by atoms with E-state index in [-0.39, 0.29) is 0 Å². The molecule has 3 aromatic carbocycles. The van der Waals surface area contributed by atoms with Crippen molar-refractivity contribution >= 4 is 33.8 Å². The molecular formula is C29H29N. The molecule has 150 valence electrons. The Hall–Kier alpha value is -3.58. The molecule has 1 heteroatoms. The van der Waals surface area contributed by atoms with Gasteiger partial charge >= 0.3 is 0 Å². The fraction of sp³-hybridized carbons (Fsp3) is 0.103. The molecule has 0 unspecified atom stereocenters. The number of hydrogen-bond donors (Lipinski definition) is 0. The number of hydrogen-bond acceptors (Lipinski definition) is 0. The maximum Gasteiger partial charge on any atom is 0.0547 e. The topological polar surface area (TPSA) is 4.93 Å². The molecule has 0 saturated carbocycles. The van der Waals surface area contributed by atoms with Crippen LogP contribution in [0.3, 0.4) is 0 Å². The summed E-state index contributed by atoms with van der Waals surface area (Å²) in [4.78, 5) is 0. The van der Waals surface area contributed by atoms with E-state index in [9.17, 15) is 0 Å². The summed E-state index contributed by atoms with van der Waals surface area (Å²) >= 11 is 0. The Kier molecular flexibility index (Phi) is 6.54. The first-order valence-electron chi connectivity index (χ1n) is 10.4. The molecule has 1 nitrogen and oxygen atoms in total. The molecule has 0 aliphatic rings. The molecule has 0 atom stereocenters. The molecule has 1 heterocycles. The third kappa shape index (κ3) is 3.67. The summed E-state index contributed by atoms with van der Waals surface area (Å²) in [6.45, 7) is 18.6. The molecule has 30 heavy (non-hydrogen) atoms. The van der Waals surface area contributed by atoms with Gasteiger partial charge < -0.3 is 4.57 Å². The monoisotopic (exact) mass is 391 g/mol. The normalized spacial score (nSPS) is 12.0. The highest BCUT2D eigenvalue weighted by Crippen LogP contribution is 2.25. The zero-order chi connectivity index (χ0) is 21.7. The van der Waals surface area contributed by atoms with E-state index in [1.54, 1.807) is 6.08 Å². The van der Waals surface area contributed by atoms with Gasteiger partial charge in [0.25, 0.3) is 0 Å². The lowest BCUT2D eigenvalue weighted by Gasteiger charge is -2.06. The standard InChI is InChI=1S/C27H23N.C2H6/c1-5-6-15-23(19(2)3)26-20(4)28(22-13-8-7-9-14-22)25-18-17-21-12-10-11-16-24(21)27(25)26;1-2/h5-18H,1-2,4H2,3H3;1-2H3/b15-6-,26-23+;. The van der Waals surface area contributed by atoms with Crippen molar-refractivity contribution in [1.29, 1.82) is 0 Å². The van der Waals surface area contributed by atoms with Crippen LogP contribution in [0, 0.1) is 0 Å². The first-order chi connectivity index (χ1) is 14.6. The van der Waals surface area contributed by atoms with Crippen LogP contribution in [0.15, 0.2) is 104 Å². The summed E-state index contributed by atoms with van der Waals surface area (Å²) in [6, 6.07) is 23.3. The third-order valence-corrected chi connectivity index (χ3v) is 5.10. The lowest BCUT2D eigenvalue weighted by molar-refractivity contribution is 1.07. The summed E-state index contributed by atoms with van der Waals surface area (Å²) in [7, 11) is 0. The zero-order valence-electron chi connectivity index (χ0n) is 18.2. The Bertz CT molecular complexity index is 1350. The molecule has 0 aliphatic carbocycles. The second-order valence-corrected chi connectivity index (χ2v) is 6.96. The summed E-state index contributed by atoms with van der Waals surface area (Å²) in [5, 5.41) is 5.74. The smallest absolute Gasteiger partial charge is 0.0547 e. The highest BCUT2D eigenvalue weighted by molar-refractivity contribution is 6.08. The molecule has 0 fully saturated rings. The molecule has 4 rings (SSSR count). The number of fused-ring (bicyclic) bond motifs is 3. The summed E-state index contributed by atoms with van der Waals surface area (Å²) < 4.78 is 2.24. The average Bonchev–Trinajstić information content (AvgIpc) is 3.08. The van der Waals surface area contributed by atoms with Crippen LogP contribution in [-0.2, 0) is 0 Å². The fourth-order valence-corrected chi connectivity index (χ4v) is 3.88. The van der Waals surface area contributed by atoms with Gasteiger partial charge in [-0.1, -0.05) is 106 Å². The number of para-hydroxylation sites is 1. The van der Waals surface area contributed by atoms with Crippen LogP contribution < -0.4 is 10.6 Å². The predicted octanol–water partition coefficient (Wildman–Crippen LogP) is 6.69. The molecule has 0 saturated heterocycles. The van der Waals surface area contributed by atoms with Gasteiger partial charge in [0.2, 0.25) is 0 Å². The van der Waals surface area contributed by atoms with Crippen molar-refractivity contribution in [2.75, 3.05) is 0 Å². The van der Waals surface area contributed by atoms with E-state index in [0.29, 0.717) is 0 Å². The van der Waals surface area contributed by atoms with Crippen LogP contribution in [0.5, 0.6) is 0 Å². The van der Waals surface area contributed by atoms with E-state index in [2.05, 4.69) is 91.0 Å². The summed E-state index contributed by atoms with van der Waals surface area (Å²) in [5.74, 6) is 0. The van der Waals surface area contributed by atoms with Gasteiger partial charge in [-0.05, 0) is 41.5 Å². The van der Waals surface area contributed by atoms with Crippen LogP contribution >= 0.6 is 0 Å². The predicted molar refractivity (Wildman–Crippen MR) is 134 cm³/mol. The Morgan fingerprint density at radius 3 is 2.23 bits per heavy atom. The van der Waals surface area contributed by atoms with Gasteiger partial charge in [0, 0.05) is 21.6 Å². The molecule has 0 bridgehead atoms. The Morgan fingerprint density at radius 2 is 1.57 bits per heavy atom. The van der Waals surface area contributed by atoms with Crippen molar-refractivity contribution in [3.8, 4) is 5.69 Å². The molecule has 0 N–H and O–H groups in total. The lowest BCUT2D eigenvalue weighted by atomic mass is 10.0. The highest BCUT2D eigenvalue weighted by atomic mass is 15.0. The van der Waals surface area contributed by atoms with Crippen LogP contribution in [0.1, 0.15) is 20.8 Å². The molecule has 0 aliphatic heterocycles. The van der Waals surface area contributed by atoms with Gasteiger partial charge in [-0.25, -0.2) is 0 Å². The minimum absolute atomic E-state index is 0.962. The van der Waals surface area contributed by atoms with E-state index in [1.165, 1.54) is 16.2 Å². The summed E-state index contributed by atoms with van der Waals surface area (Å²) in [5.41, 5.74) is 4.34. The van der Waals surface area contributed by atoms with E-state index in [4.69, 9.17) is 0 Å². The number of benzene rings is 3. The Balaban J connectivity index is 0.00000124. The first-order valence-corrected chi connectivity index (χ1v) is 10.4. The number of nitrogens with zero attached hydrogens (tertiary/aromatic N) is 1. The van der Waals surface area contributed by atoms with Crippen LogP contribution in [0.4, 0.5) is 0 Å². The Labute approximate surface area is 179 Å². The van der Waals surface area contributed by atoms with Crippen LogP contribution in [0.2, 0.25) is 0 Å². The van der Waals surface area contributed by atoms with E-state index >= 15 is 0 Å². The minimum Gasteiger partial charge on any atom is -0.310 e. The van der Waals surface area contributed by atoms with Crippen molar-refractivity contribution in [1.82, 2.24) is 4.57 Å². The number of allylic oxidation sites excluding steroid dienone is 4. The molecule has 4 aromatic rings. The second kappa shape index (κ2) is 9.28. The number of aromatic nitrogens is 1. The van der Waals surface area contributed by atoms with Crippen molar-refractivity contribution in [3.63, 3.8) is 0 Å². The second-order valence-electron chi connectivity index (χ2n) is 6.96. The van der Waals surface area contributed by atoms with Gasteiger partial charge in [-0.15, -0.1) is 0 Å². The van der Waals surface area contributed by atoms with E-state index < -0.39 is 0 Å². The van der Waals surface area contributed by atoms with E-state index in [0.717, 1.165) is 32.9 Å². The molecule has 1 aromatic heterocycles. The third-order valence-electron chi connectivity index (χ3n) is 5.10. The lowest BCUT2D eigenvalue weighted by Crippen LogP contribution is -2.28. The van der Waals surface area contributed by atoms with Gasteiger partial charge in [0.1, 0.15) is 0 Å². The quantitative estimate of drug-likeness (QED) is 0.342. The molecule has 0 spiro atoms. The Morgan fingerprint density at radius 1 is 0.900 bits per heavy atom. The van der Waals surface area contributed by atoms with Gasteiger partial charge in [-0.3, -0.25) is 0 Å². The van der Waals surface area contributed by atoms with Crippen LogP contribution in [-0.4, -0.2) is 4.57 Å². The van der Waals surface area contributed by atoms with Gasteiger partial charge in [-0.2, -0.15) is 0 Å². The van der Waals surface area contributed by atoms with Gasteiger partial charge in [0.15, 0.2) is 0 Å². The molecule has 0 amide bonds. The molecular weight excluding hydrogens is 362 g/mol.